The second-order valence-electron chi connectivity index (χ2n) is 8.03. The maximum atomic E-state index is 12.7. The Labute approximate surface area is 181 Å². The third kappa shape index (κ3) is 4.73. The predicted octanol–water partition coefficient (Wildman–Crippen LogP) is 4.05. The minimum Gasteiger partial charge on any atom is -0.342 e. The van der Waals surface area contributed by atoms with Crippen molar-refractivity contribution in [2.24, 2.45) is 5.92 Å². The molecule has 1 aromatic carbocycles. The number of aromatic nitrogens is 1. The molecule has 154 valence electrons. The first-order chi connectivity index (χ1) is 14.6. The molecule has 1 fully saturated rings. The average Bonchev–Trinajstić information content (AvgIpc) is 2.78. The molecule has 1 aliphatic heterocycles. The number of Topliss-reactive ketones (excluding diaryl/α,β-unsaturated/α-hetero) is 1. The van der Waals surface area contributed by atoms with E-state index in [1.165, 1.54) is 17.3 Å². The van der Waals surface area contributed by atoms with Crippen molar-refractivity contribution < 1.29 is 9.59 Å². The van der Waals surface area contributed by atoms with E-state index in [4.69, 9.17) is 0 Å². The molecule has 1 aliphatic carbocycles. The highest BCUT2D eigenvalue weighted by Gasteiger charge is 2.25. The first-order valence-electron chi connectivity index (χ1n) is 10.6. The zero-order chi connectivity index (χ0) is 20.9. The van der Waals surface area contributed by atoms with E-state index < -0.39 is 0 Å². The summed E-state index contributed by atoms with van der Waals surface area (Å²) in [7, 11) is 0. The van der Waals surface area contributed by atoms with Crippen LogP contribution in [0.25, 0.3) is 0 Å². The number of thioether (sulfide) groups is 1. The fourth-order valence-corrected chi connectivity index (χ4v) is 5.14. The standard InChI is InChI=1S/C24H25N3O2S/c25-15-19-14-20-21(7-4-8-22(20)28)26-24(19)30-16-23(29)27-11-9-18(10-12-27)13-17-5-2-1-3-6-17/h1-3,5-6,14,18H,4,7-13,16H2. The quantitative estimate of drug-likeness (QED) is 0.684. The molecular weight excluding hydrogens is 394 g/mol. The van der Waals surface area contributed by atoms with E-state index in [0.717, 1.165) is 50.9 Å². The maximum absolute atomic E-state index is 12.7. The Morgan fingerprint density at radius 2 is 1.97 bits per heavy atom. The zero-order valence-electron chi connectivity index (χ0n) is 17.0. The molecule has 0 saturated carbocycles. The Hall–Kier alpha value is -2.65. The van der Waals surface area contributed by atoms with Crippen molar-refractivity contribution in [2.45, 2.75) is 43.6 Å². The van der Waals surface area contributed by atoms with Crippen molar-refractivity contribution in [2.75, 3.05) is 18.8 Å². The van der Waals surface area contributed by atoms with E-state index in [2.05, 4.69) is 35.3 Å². The van der Waals surface area contributed by atoms with Crippen molar-refractivity contribution in [3.8, 4) is 6.07 Å². The van der Waals surface area contributed by atoms with Crippen LogP contribution in [-0.4, -0.2) is 40.4 Å². The number of benzene rings is 1. The number of pyridine rings is 1. The number of nitrogens with zero attached hydrogens (tertiary/aromatic N) is 3. The van der Waals surface area contributed by atoms with E-state index in [9.17, 15) is 14.9 Å². The van der Waals surface area contributed by atoms with Crippen LogP contribution in [0.4, 0.5) is 0 Å². The lowest BCUT2D eigenvalue weighted by Gasteiger charge is -2.32. The lowest BCUT2D eigenvalue weighted by Crippen LogP contribution is -2.39. The predicted molar refractivity (Wildman–Crippen MR) is 116 cm³/mol. The molecule has 0 bridgehead atoms. The molecule has 30 heavy (non-hydrogen) atoms. The summed E-state index contributed by atoms with van der Waals surface area (Å²) in [5.41, 5.74) is 3.10. The molecule has 0 unspecified atom stereocenters. The van der Waals surface area contributed by atoms with E-state index in [1.807, 2.05) is 11.0 Å². The van der Waals surface area contributed by atoms with Crippen LogP contribution >= 0.6 is 11.8 Å². The van der Waals surface area contributed by atoms with Crippen molar-refractivity contribution in [1.82, 2.24) is 9.88 Å². The number of piperidine rings is 1. The molecule has 1 saturated heterocycles. The van der Waals surface area contributed by atoms with Crippen molar-refractivity contribution >= 4 is 23.5 Å². The summed E-state index contributed by atoms with van der Waals surface area (Å²) >= 11 is 1.31. The number of rotatable bonds is 5. The summed E-state index contributed by atoms with van der Waals surface area (Å²) in [6.07, 6.45) is 5.18. The highest BCUT2D eigenvalue weighted by Crippen LogP contribution is 2.28. The monoisotopic (exact) mass is 419 g/mol. The Morgan fingerprint density at radius 1 is 1.20 bits per heavy atom. The smallest absolute Gasteiger partial charge is 0.232 e. The van der Waals surface area contributed by atoms with Gasteiger partial charge in [0.2, 0.25) is 5.91 Å². The number of nitriles is 1. The number of carbonyl (C=O) groups is 2. The van der Waals surface area contributed by atoms with Crippen LogP contribution in [0.2, 0.25) is 0 Å². The second-order valence-corrected chi connectivity index (χ2v) is 8.99. The van der Waals surface area contributed by atoms with E-state index >= 15 is 0 Å². The molecule has 6 heteroatoms. The Morgan fingerprint density at radius 3 is 2.70 bits per heavy atom. The number of amides is 1. The largest absolute Gasteiger partial charge is 0.342 e. The molecule has 0 atom stereocenters. The first kappa shape index (κ1) is 20.6. The van der Waals surface area contributed by atoms with Crippen LogP contribution in [0.15, 0.2) is 41.4 Å². The molecule has 1 aromatic heterocycles. The molecular formula is C24H25N3O2S. The van der Waals surface area contributed by atoms with Gasteiger partial charge in [-0.05, 0) is 49.7 Å². The number of carbonyl (C=O) groups excluding carboxylic acids is 2. The number of ketones is 1. The van der Waals surface area contributed by atoms with Crippen molar-refractivity contribution in [3.05, 3.63) is 58.8 Å². The summed E-state index contributed by atoms with van der Waals surface area (Å²) in [5, 5.41) is 10.0. The van der Waals surface area contributed by atoms with Gasteiger partial charge in [0.15, 0.2) is 5.78 Å². The number of aryl methyl sites for hydroxylation is 1. The third-order valence-corrected chi connectivity index (χ3v) is 6.95. The molecule has 2 heterocycles. The van der Waals surface area contributed by atoms with Crippen LogP contribution in [-0.2, 0) is 17.6 Å². The van der Waals surface area contributed by atoms with Gasteiger partial charge >= 0.3 is 0 Å². The summed E-state index contributed by atoms with van der Waals surface area (Å²) < 4.78 is 0. The van der Waals surface area contributed by atoms with E-state index in [-0.39, 0.29) is 17.4 Å². The summed E-state index contributed by atoms with van der Waals surface area (Å²) in [6.45, 7) is 1.57. The van der Waals surface area contributed by atoms with E-state index in [0.29, 0.717) is 28.5 Å². The van der Waals surface area contributed by atoms with Crippen LogP contribution in [0, 0.1) is 17.2 Å². The molecule has 0 spiro atoms. The molecule has 1 amide bonds. The van der Waals surface area contributed by atoms with Gasteiger partial charge < -0.3 is 4.90 Å². The van der Waals surface area contributed by atoms with Crippen LogP contribution in [0.3, 0.4) is 0 Å². The summed E-state index contributed by atoms with van der Waals surface area (Å²) in [4.78, 5) is 31.3. The van der Waals surface area contributed by atoms with Crippen LogP contribution in [0.5, 0.6) is 0 Å². The van der Waals surface area contributed by atoms with E-state index in [1.54, 1.807) is 6.07 Å². The normalized spacial score (nSPS) is 16.8. The molecule has 2 aliphatic rings. The Bertz CT molecular complexity index is 976. The minimum atomic E-state index is 0.0613. The molecule has 5 nitrogen and oxygen atoms in total. The maximum Gasteiger partial charge on any atom is 0.232 e. The van der Waals surface area contributed by atoms with Gasteiger partial charge in [-0.25, -0.2) is 4.98 Å². The van der Waals surface area contributed by atoms with Crippen molar-refractivity contribution in [3.63, 3.8) is 0 Å². The highest BCUT2D eigenvalue weighted by atomic mass is 32.2. The van der Waals surface area contributed by atoms with Crippen LogP contribution in [0.1, 0.15) is 52.9 Å². The Balaban J connectivity index is 1.32. The van der Waals surface area contributed by atoms with Crippen LogP contribution < -0.4 is 0 Å². The number of fused-ring (bicyclic) bond motifs is 1. The average molecular weight is 420 g/mol. The fourth-order valence-electron chi connectivity index (χ4n) is 4.26. The zero-order valence-corrected chi connectivity index (χ0v) is 17.8. The summed E-state index contributed by atoms with van der Waals surface area (Å²) in [5.74, 6) is 1.05. The van der Waals surface area contributed by atoms with Gasteiger partial charge in [-0.2, -0.15) is 5.26 Å². The fraction of sp³-hybridized carbons (Fsp3) is 0.417. The lowest BCUT2D eigenvalue weighted by atomic mass is 9.90. The first-order valence-corrected chi connectivity index (χ1v) is 11.5. The molecule has 2 aromatic rings. The molecule has 4 rings (SSSR count). The number of hydrogen-bond donors (Lipinski definition) is 0. The van der Waals surface area contributed by atoms with Gasteiger partial charge in [-0.3, -0.25) is 9.59 Å². The van der Waals surface area contributed by atoms with Gasteiger partial charge in [0.05, 0.1) is 17.0 Å². The van der Waals surface area contributed by atoms with Crippen molar-refractivity contribution in [1.29, 1.82) is 5.26 Å². The number of likely N-dealkylation sites (tertiary alicyclic amines) is 1. The molecule has 0 N–H and O–H groups in total. The Kier molecular flexibility index (Phi) is 6.49. The van der Waals surface area contributed by atoms with Gasteiger partial charge in [-0.15, -0.1) is 0 Å². The SMILES string of the molecule is N#Cc1cc2c(nc1SCC(=O)N1CCC(Cc3ccccc3)CC1)CCCC2=O. The topological polar surface area (TPSA) is 74.1 Å². The third-order valence-electron chi connectivity index (χ3n) is 5.97. The molecule has 0 radical (unpaired) electrons. The second kappa shape index (κ2) is 9.44. The lowest BCUT2D eigenvalue weighted by molar-refractivity contribution is -0.129. The highest BCUT2D eigenvalue weighted by molar-refractivity contribution is 8.00. The van der Waals surface area contributed by atoms with Gasteiger partial charge in [-0.1, -0.05) is 42.1 Å². The van der Waals surface area contributed by atoms with Gasteiger partial charge in [0.25, 0.3) is 0 Å². The van der Waals surface area contributed by atoms with Gasteiger partial charge in [0.1, 0.15) is 11.1 Å². The summed E-state index contributed by atoms with van der Waals surface area (Å²) in [6, 6.07) is 14.3. The number of hydrogen-bond acceptors (Lipinski definition) is 5. The minimum absolute atomic E-state index is 0.0613. The van der Waals surface area contributed by atoms with Gasteiger partial charge in [0, 0.05) is 25.1 Å².